The molecular formula is C13H22N2O3S. The second kappa shape index (κ2) is 6.69. The van der Waals surface area contributed by atoms with Crippen LogP contribution in [0.25, 0.3) is 0 Å². The highest BCUT2D eigenvalue weighted by Crippen LogP contribution is 2.26. The third kappa shape index (κ3) is 4.44. The number of ether oxygens (including phenoxy) is 1. The molecule has 108 valence electrons. The van der Waals surface area contributed by atoms with Crippen LogP contribution in [0, 0.1) is 17.2 Å². The smallest absolute Gasteiger partial charge is 0.215 e. The van der Waals surface area contributed by atoms with Crippen molar-refractivity contribution in [2.45, 2.75) is 57.1 Å². The summed E-state index contributed by atoms with van der Waals surface area (Å²) in [6.07, 6.45) is 6.78. The number of hydrogen-bond acceptors (Lipinski definition) is 4. The zero-order valence-corrected chi connectivity index (χ0v) is 12.0. The second-order valence-corrected chi connectivity index (χ2v) is 7.34. The summed E-state index contributed by atoms with van der Waals surface area (Å²) in [7, 11) is -3.42. The summed E-state index contributed by atoms with van der Waals surface area (Å²) < 4.78 is 32.0. The Kier molecular flexibility index (Phi) is 5.20. The molecule has 19 heavy (non-hydrogen) atoms. The molecule has 0 spiro atoms. The quantitative estimate of drug-likeness (QED) is 0.831. The first-order chi connectivity index (χ1) is 9.11. The van der Waals surface area contributed by atoms with E-state index in [4.69, 9.17) is 4.74 Å². The molecule has 0 aromatic rings. The lowest BCUT2D eigenvalue weighted by Crippen LogP contribution is -2.42. The third-order valence-corrected chi connectivity index (χ3v) is 5.42. The van der Waals surface area contributed by atoms with Gasteiger partial charge >= 0.3 is 0 Å². The molecule has 0 aromatic heterocycles. The van der Waals surface area contributed by atoms with Gasteiger partial charge in [0, 0.05) is 6.61 Å². The molecule has 1 saturated heterocycles. The molecule has 1 N–H and O–H groups in total. The van der Waals surface area contributed by atoms with E-state index in [0.29, 0.717) is 6.61 Å². The molecular weight excluding hydrogens is 264 g/mol. The number of nitriles is 1. The molecule has 2 unspecified atom stereocenters. The van der Waals surface area contributed by atoms with Crippen LogP contribution in [-0.4, -0.2) is 32.9 Å². The van der Waals surface area contributed by atoms with Gasteiger partial charge in [-0.15, -0.1) is 0 Å². The summed E-state index contributed by atoms with van der Waals surface area (Å²) in [4.78, 5) is 0. The van der Waals surface area contributed by atoms with E-state index in [2.05, 4.69) is 10.8 Å². The van der Waals surface area contributed by atoms with E-state index in [1.165, 1.54) is 6.42 Å². The molecule has 5 nitrogen and oxygen atoms in total. The van der Waals surface area contributed by atoms with Crippen molar-refractivity contribution in [1.29, 1.82) is 5.26 Å². The summed E-state index contributed by atoms with van der Waals surface area (Å²) in [5.74, 6) is 0.149. The maximum Gasteiger partial charge on any atom is 0.215 e. The Balaban J connectivity index is 1.90. The van der Waals surface area contributed by atoms with E-state index >= 15 is 0 Å². The van der Waals surface area contributed by atoms with Crippen molar-refractivity contribution < 1.29 is 13.2 Å². The standard InChI is InChI=1S/C13H22N2O3S/c14-9-13(11-5-2-1-3-6-11)15-19(16,17)10-12-7-4-8-18-12/h11-13,15H,1-8,10H2. The number of sulfonamides is 1. The van der Waals surface area contributed by atoms with E-state index in [1.807, 2.05) is 0 Å². The average molecular weight is 286 g/mol. The van der Waals surface area contributed by atoms with Crippen molar-refractivity contribution in [3.8, 4) is 6.07 Å². The van der Waals surface area contributed by atoms with Gasteiger partial charge < -0.3 is 4.74 Å². The second-order valence-electron chi connectivity index (χ2n) is 5.54. The summed E-state index contributed by atoms with van der Waals surface area (Å²) in [6, 6.07) is 1.54. The lowest BCUT2D eigenvalue weighted by Gasteiger charge is -2.26. The van der Waals surface area contributed by atoms with Gasteiger partial charge in [0.1, 0.15) is 6.04 Å². The van der Waals surface area contributed by atoms with Gasteiger partial charge in [-0.1, -0.05) is 19.3 Å². The predicted octanol–water partition coefficient (Wildman–Crippen LogP) is 1.56. The van der Waals surface area contributed by atoms with E-state index in [0.717, 1.165) is 38.5 Å². The molecule has 0 amide bonds. The van der Waals surface area contributed by atoms with Gasteiger partial charge in [-0.2, -0.15) is 9.98 Å². The van der Waals surface area contributed by atoms with Crippen molar-refractivity contribution >= 4 is 10.0 Å². The lowest BCUT2D eigenvalue weighted by molar-refractivity contribution is 0.127. The van der Waals surface area contributed by atoms with Crippen LogP contribution >= 0.6 is 0 Å². The molecule has 0 bridgehead atoms. The van der Waals surface area contributed by atoms with Gasteiger partial charge in [0.25, 0.3) is 0 Å². The topological polar surface area (TPSA) is 79.2 Å². The van der Waals surface area contributed by atoms with Crippen LogP contribution in [0.3, 0.4) is 0 Å². The van der Waals surface area contributed by atoms with Crippen molar-refractivity contribution in [1.82, 2.24) is 4.72 Å². The Hall–Kier alpha value is -0.640. The molecule has 2 atom stereocenters. The molecule has 0 aromatic carbocycles. The van der Waals surface area contributed by atoms with Crippen molar-refractivity contribution in [2.24, 2.45) is 5.92 Å². The molecule has 0 radical (unpaired) electrons. The summed E-state index contributed by atoms with van der Waals surface area (Å²) in [5.41, 5.74) is 0. The lowest BCUT2D eigenvalue weighted by atomic mass is 9.85. The zero-order valence-electron chi connectivity index (χ0n) is 11.2. The molecule has 6 heteroatoms. The Morgan fingerprint density at radius 2 is 1.95 bits per heavy atom. The van der Waals surface area contributed by atoms with E-state index < -0.39 is 16.1 Å². The molecule has 1 heterocycles. The van der Waals surface area contributed by atoms with Gasteiger partial charge in [0.15, 0.2) is 0 Å². The van der Waals surface area contributed by atoms with E-state index in [9.17, 15) is 13.7 Å². The Bertz CT molecular complexity index is 418. The van der Waals surface area contributed by atoms with E-state index in [1.54, 1.807) is 0 Å². The monoisotopic (exact) mass is 286 g/mol. The fourth-order valence-corrected chi connectivity index (χ4v) is 4.44. The van der Waals surface area contributed by atoms with Gasteiger partial charge in [-0.05, 0) is 31.6 Å². The minimum atomic E-state index is -3.42. The molecule has 2 fully saturated rings. The van der Waals surface area contributed by atoms with Crippen LogP contribution in [0.1, 0.15) is 44.9 Å². The summed E-state index contributed by atoms with van der Waals surface area (Å²) in [6.45, 7) is 0.643. The van der Waals surface area contributed by atoms with Crippen molar-refractivity contribution in [3.63, 3.8) is 0 Å². The first-order valence-corrected chi connectivity index (χ1v) is 8.77. The minimum Gasteiger partial charge on any atom is -0.377 e. The number of rotatable bonds is 5. The molecule has 1 aliphatic carbocycles. The normalized spacial score (nSPS) is 27.0. The highest BCUT2D eigenvalue weighted by atomic mass is 32.2. The van der Waals surface area contributed by atoms with Crippen molar-refractivity contribution in [3.05, 3.63) is 0 Å². The molecule has 1 aliphatic heterocycles. The number of nitrogens with zero attached hydrogens (tertiary/aromatic N) is 1. The van der Waals surface area contributed by atoms with E-state index in [-0.39, 0.29) is 17.8 Å². The third-order valence-electron chi connectivity index (χ3n) is 4.00. The first kappa shape index (κ1) is 14.8. The maximum atomic E-state index is 12.1. The minimum absolute atomic E-state index is 0.0160. The fraction of sp³-hybridized carbons (Fsp3) is 0.923. The van der Waals surface area contributed by atoms with Crippen LogP contribution in [0.5, 0.6) is 0 Å². The molecule has 1 saturated carbocycles. The zero-order chi connectivity index (χ0) is 13.7. The molecule has 2 rings (SSSR count). The summed E-state index contributed by atoms with van der Waals surface area (Å²) in [5, 5.41) is 9.19. The highest BCUT2D eigenvalue weighted by molar-refractivity contribution is 7.89. The average Bonchev–Trinajstić information content (AvgIpc) is 2.89. The summed E-state index contributed by atoms with van der Waals surface area (Å²) >= 11 is 0. The maximum absolute atomic E-state index is 12.1. The van der Waals surface area contributed by atoms with Crippen LogP contribution in [0.4, 0.5) is 0 Å². The molecule has 2 aliphatic rings. The van der Waals surface area contributed by atoms with Gasteiger partial charge in [-0.3, -0.25) is 0 Å². The Labute approximate surface area is 115 Å². The van der Waals surface area contributed by atoms with Crippen molar-refractivity contribution in [2.75, 3.05) is 12.4 Å². The van der Waals surface area contributed by atoms with Crippen LogP contribution < -0.4 is 4.72 Å². The predicted molar refractivity (Wildman–Crippen MR) is 71.9 cm³/mol. The highest BCUT2D eigenvalue weighted by Gasteiger charge is 2.30. The number of nitrogens with one attached hydrogen (secondary N) is 1. The van der Waals surface area contributed by atoms with Crippen LogP contribution in [-0.2, 0) is 14.8 Å². The van der Waals surface area contributed by atoms with Crippen LogP contribution in [0.15, 0.2) is 0 Å². The van der Waals surface area contributed by atoms with Gasteiger partial charge in [0.2, 0.25) is 10.0 Å². The Morgan fingerprint density at radius 3 is 2.53 bits per heavy atom. The Morgan fingerprint density at radius 1 is 1.21 bits per heavy atom. The largest absolute Gasteiger partial charge is 0.377 e. The van der Waals surface area contributed by atoms with Gasteiger partial charge in [0.05, 0.1) is 17.9 Å². The van der Waals surface area contributed by atoms with Gasteiger partial charge in [-0.25, -0.2) is 8.42 Å². The SMILES string of the molecule is N#CC(NS(=O)(=O)CC1CCCO1)C1CCCCC1. The first-order valence-electron chi connectivity index (χ1n) is 7.12. The number of hydrogen-bond donors (Lipinski definition) is 1. The van der Waals surface area contributed by atoms with Crippen LogP contribution in [0.2, 0.25) is 0 Å². The fourth-order valence-electron chi connectivity index (χ4n) is 2.96.